The highest BCUT2D eigenvalue weighted by Crippen LogP contribution is 2.29. The van der Waals surface area contributed by atoms with Crippen molar-refractivity contribution in [1.82, 2.24) is 5.32 Å². The first-order valence-electron chi connectivity index (χ1n) is 7.88. The molecule has 3 heteroatoms. The fourth-order valence-electron chi connectivity index (χ4n) is 3.31. The molecule has 0 saturated heterocycles. The van der Waals surface area contributed by atoms with E-state index in [0.717, 1.165) is 23.4 Å². The number of hydrogen-bond acceptors (Lipinski definition) is 1. The Kier molecular flexibility index (Phi) is 6.50. The Morgan fingerprint density at radius 3 is 2.55 bits per heavy atom. The predicted molar refractivity (Wildman–Crippen MR) is 86.5 cm³/mol. The molecule has 2 rings (SSSR count). The van der Waals surface area contributed by atoms with Crippen LogP contribution < -0.4 is 5.32 Å². The zero-order valence-corrected chi connectivity index (χ0v) is 13.9. The standard InChI is InChI=1S/C17H25BrFN/c1-2-20-17(13-7-5-3-4-6-8-13)11-14-9-10-15(19)12-16(14)18/h9-10,12-13,17,20H,2-8,11H2,1H3. The van der Waals surface area contributed by atoms with Gasteiger partial charge in [0.25, 0.3) is 0 Å². The summed E-state index contributed by atoms with van der Waals surface area (Å²) in [5.74, 6) is 0.587. The summed E-state index contributed by atoms with van der Waals surface area (Å²) in [7, 11) is 0. The second-order valence-corrected chi connectivity index (χ2v) is 6.71. The third-order valence-corrected chi connectivity index (χ3v) is 5.13. The summed E-state index contributed by atoms with van der Waals surface area (Å²) in [5, 5.41) is 3.66. The van der Waals surface area contributed by atoms with E-state index in [0.29, 0.717) is 6.04 Å². The van der Waals surface area contributed by atoms with Crippen LogP contribution in [0.2, 0.25) is 0 Å². The SMILES string of the molecule is CCNC(Cc1ccc(F)cc1Br)C1CCCCCC1. The van der Waals surface area contributed by atoms with Crippen LogP contribution in [0.4, 0.5) is 4.39 Å². The minimum Gasteiger partial charge on any atom is -0.314 e. The van der Waals surface area contributed by atoms with Crippen LogP contribution in [0.3, 0.4) is 0 Å². The molecule has 1 nitrogen and oxygen atoms in total. The van der Waals surface area contributed by atoms with Gasteiger partial charge in [0, 0.05) is 10.5 Å². The molecule has 0 aliphatic heterocycles. The Balaban J connectivity index is 2.07. The van der Waals surface area contributed by atoms with Crippen LogP contribution in [0.1, 0.15) is 51.0 Å². The van der Waals surface area contributed by atoms with Crippen molar-refractivity contribution in [2.75, 3.05) is 6.54 Å². The van der Waals surface area contributed by atoms with Gasteiger partial charge in [0.15, 0.2) is 0 Å². The first-order valence-corrected chi connectivity index (χ1v) is 8.67. The minimum absolute atomic E-state index is 0.171. The molecule has 1 aromatic carbocycles. The molecule has 0 heterocycles. The van der Waals surface area contributed by atoms with Gasteiger partial charge >= 0.3 is 0 Å². The van der Waals surface area contributed by atoms with Gasteiger partial charge < -0.3 is 5.32 Å². The monoisotopic (exact) mass is 341 g/mol. The predicted octanol–water partition coefficient (Wildman–Crippen LogP) is 5.08. The zero-order valence-electron chi connectivity index (χ0n) is 12.3. The highest BCUT2D eigenvalue weighted by Gasteiger charge is 2.22. The summed E-state index contributed by atoms with van der Waals surface area (Å²) in [6, 6.07) is 5.57. The summed E-state index contributed by atoms with van der Waals surface area (Å²) in [4.78, 5) is 0. The van der Waals surface area contributed by atoms with Gasteiger partial charge in [0.05, 0.1) is 0 Å². The van der Waals surface area contributed by atoms with Crippen LogP contribution in [0.15, 0.2) is 22.7 Å². The van der Waals surface area contributed by atoms with Crippen LogP contribution in [-0.2, 0) is 6.42 Å². The summed E-state index contributed by atoms with van der Waals surface area (Å²) in [6.45, 7) is 3.17. The highest BCUT2D eigenvalue weighted by atomic mass is 79.9. The lowest BCUT2D eigenvalue weighted by molar-refractivity contribution is 0.321. The van der Waals surface area contributed by atoms with E-state index in [9.17, 15) is 4.39 Å². The third-order valence-electron chi connectivity index (χ3n) is 4.39. The van der Waals surface area contributed by atoms with Crippen molar-refractivity contribution in [2.24, 2.45) is 5.92 Å². The molecule has 1 unspecified atom stereocenters. The fourth-order valence-corrected chi connectivity index (χ4v) is 3.82. The molecule has 1 atom stereocenters. The lowest BCUT2D eigenvalue weighted by Gasteiger charge is -2.27. The Labute approximate surface area is 130 Å². The maximum atomic E-state index is 13.2. The van der Waals surface area contributed by atoms with Crippen LogP contribution >= 0.6 is 15.9 Å². The number of likely N-dealkylation sites (N-methyl/N-ethyl adjacent to an activating group) is 1. The van der Waals surface area contributed by atoms with Crippen LogP contribution in [0.5, 0.6) is 0 Å². The van der Waals surface area contributed by atoms with E-state index in [1.165, 1.54) is 44.1 Å². The van der Waals surface area contributed by atoms with Crippen LogP contribution in [0.25, 0.3) is 0 Å². The molecule has 0 radical (unpaired) electrons. The van der Waals surface area contributed by atoms with Gasteiger partial charge in [-0.15, -0.1) is 0 Å². The molecule has 1 fully saturated rings. The van der Waals surface area contributed by atoms with E-state index in [2.05, 4.69) is 28.2 Å². The molecule has 0 bridgehead atoms. The van der Waals surface area contributed by atoms with E-state index in [1.807, 2.05) is 6.07 Å². The van der Waals surface area contributed by atoms with Crippen molar-refractivity contribution in [1.29, 1.82) is 0 Å². The van der Waals surface area contributed by atoms with E-state index in [-0.39, 0.29) is 5.82 Å². The van der Waals surface area contributed by atoms with E-state index in [1.54, 1.807) is 12.1 Å². The fraction of sp³-hybridized carbons (Fsp3) is 0.647. The first kappa shape index (κ1) is 16.0. The van der Waals surface area contributed by atoms with Crippen LogP contribution in [-0.4, -0.2) is 12.6 Å². The van der Waals surface area contributed by atoms with Gasteiger partial charge in [-0.05, 0) is 49.4 Å². The van der Waals surface area contributed by atoms with E-state index >= 15 is 0 Å². The van der Waals surface area contributed by atoms with Crippen molar-refractivity contribution in [3.05, 3.63) is 34.1 Å². The Morgan fingerprint density at radius 2 is 1.95 bits per heavy atom. The number of benzene rings is 1. The van der Waals surface area contributed by atoms with Gasteiger partial charge in [-0.2, -0.15) is 0 Å². The molecule has 0 amide bonds. The summed E-state index contributed by atoms with van der Waals surface area (Å²) in [5.41, 5.74) is 1.21. The quantitative estimate of drug-likeness (QED) is 0.736. The maximum absolute atomic E-state index is 13.2. The van der Waals surface area contributed by atoms with Gasteiger partial charge in [0.1, 0.15) is 5.82 Å². The molecule has 1 aromatic rings. The van der Waals surface area contributed by atoms with Crippen molar-refractivity contribution >= 4 is 15.9 Å². The van der Waals surface area contributed by atoms with Gasteiger partial charge in [-0.25, -0.2) is 4.39 Å². The summed E-state index contributed by atoms with van der Waals surface area (Å²) < 4.78 is 14.1. The first-order chi connectivity index (χ1) is 9.70. The van der Waals surface area contributed by atoms with Crippen molar-refractivity contribution < 1.29 is 4.39 Å². The van der Waals surface area contributed by atoms with Crippen molar-refractivity contribution in [2.45, 2.75) is 57.9 Å². The molecule has 1 N–H and O–H groups in total. The van der Waals surface area contributed by atoms with Crippen molar-refractivity contribution in [3.8, 4) is 0 Å². The second kappa shape index (κ2) is 8.14. The smallest absolute Gasteiger partial charge is 0.124 e. The normalized spacial score (nSPS) is 18.8. The minimum atomic E-state index is -0.171. The molecule has 1 aliphatic rings. The molecule has 0 aromatic heterocycles. The summed E-state index contributed by atoms with van der Waals surface area (Å²) in [6.07, 6.45) is 9.13. The Morgan fingerprint density at radius 1 is 1.25 bits per heavy atom. The second-order valence-electron chi connectivity index (χ2n) is 5.86. The number of rotatable bonds is 5. The molecular weight excluding hydrogens is 317 g/mol. The maximum Gasteiger partial charge on any atom is 0.124 e. The molecule has 112 valence electrons. The van der Waals surface area contributed by atoms with E-state index in [4.69, 9.17) is 0 Å². The Hall–Kier alpha value is -0.410. The molecule has 20 heavy (non-hydrogen) atoms. The van der Waals surface area contributed by atoms with Gasteiger partial charge in [-0.1, -0.05) is 54.6 Å². The topological polar surface area (TPSA) is 12.0 Å². The average molecular weight is 342 g/mol. The van der Waals surface area contributed by atoms with E-state index < -0.39 is 0 Å². The lowest BCUT2D eigenvalue weighted by Crippen LogP contribution is -2.38. The van der Waals surface area contributed by atoms with Crippen molar-refractivity contribution in [3.63, 3.8) is 0 Å². The van der Waals surface area contributed by atoms with Gasteiger partial charge in [-0.3, -0.25) is 0 Å². The third kappa shape index (κ3) is 4.56. The highest BCUT2D eigenvalue weighted by molar-refractivity contribution is 9.10. The number of halogens is 2. The number of hydrogen-bond donors (Lipinski definition) is 1. The molecule has 1 saturated carbocycles. The molecule has 0 spiro atoms. The largest absolute Gasteiger partial charge is 0.314 e. The summed E-state index contributed by atoms with van der Waals surface area (Å²) >= 11 is 3.50. The lowest BCUT2D eigenvalue weighted by atomic mass is 9.87. The Bertz CT molecular complexity index is 413. The molecule has 1 aliphatic carbocycles. The zero-order chi connectivity index (χ0) is 14.4. The van der Waals surface area contributed by atoms with Crippen LogP contribution in [0, 0.1) is 11.7 Å². The average Bonchev–Trinajstić information content (AvgIpc) is 2.70. The molecular formula is C17H25BrFN. The number of nitrogens with one attached hydrogen (secondary N) is 1. The van der Waals surface area contributed by atoms with Gasteiger partial charge in [0.2, 0.25) is 0 Å².